The number of hydrogen-bond acceptors (Lipinski definition) is 4. The second-order valence-corrected chi connectivity index (χ2v) is 4.03. The number of nitrogens with two attached hydrogens (primary N) is 1. The highest BCUT2D eigenvalue weighted by Gasteiger charge is 2.09. The van der Waals surface area contributed by atoms with Gasteiger partial charge in [-0.3, -0.25) is 0 Å². The van der Waals surface area contributed by atoms with E-state index in [-0.39, 0.29) is 29.3 Å². The lowest BCUT2D eigenvalue weighted by atomic mass is 10.2. The lowest BCUT2D eigenvalue weighted by Crippen LogP contribution is -2.09. The zero-order valence-corrected chi connectivity index (χ0v) is 10.2. The Labute approximate surface area is 113 Å². The number of benzene rings is 1. The molecule has 2 rings (SSSR count). The van der Waals surface area contributed by atoms with Crippen LogP contribution in [0.5, 0.6) is 0 Å². The van der Waals surface area contributed by atoms with Gasteiger partial charge in [0.25, 0.3) is 0 Å². The Balaban J connectivity index is 2.18. The van der Waals surface area contributed by atoms with Crippen molar-refractivity contribution in [2.75, 3.05) is 11.1 Å². The first-order chi connectivity index (χ1) is 9.47. The number of carboxylic acid groups (broad SMARTS) is 1. The molecule has 0 aliphatic heterocycles. The molecule has 1 aromatic carbocycles. The van der Waals surface area contributed by atoms with Crippen LogP contribution in [0.1, 0.15) is 16.1 Å². The summed E-state index contributed by atoms with van der Waals surface area (Å²) in [4.78, 5) is 14.6. The zero-order valence-electron chi connectivity index (χ0n) is 10.2. The van der Waals surface area contributed by atoms with Crippen molar-refractivity contribution in [1.82, 2.24) is 4.98 Å². The fourth-order valence-electron chi connectivity index (χ4n) is 1.57. The summed E-state index contributed by atoms with van der Waals surface area (Å²) in [6.07, 6.45) is 0. The largest absolute Gasteiger partial charge is 0.477 e. The summed E-state index contributed by atoms with van der Waals surface area (Å²) in [7, 11) is 0. The molecule has 0 bridgehead atoms. The van der Waals surface area contributed by atoms with E-state index in [1.807, 2.05) is 0 Å². The van der Waals surface area contributed by atoms with E-state index < -0.39 is 17.6 Å². The van der Waals surface area contributed by atoms with Gasteiger partial charge in [-0.2, -0.15) is 0 Å². The van der Waals surface area contributed by atoms with E-state index >= 15 is 0 Å². The molecule has 4 N–H and O–H groups in total. The molecule has 0 aliphatic carbocycles. The number of rotatable bonds is 4. The molecule has 0 unspecified atom stereocenters. The van der Waals surface area contributed by atoms with Crippen LogP contribution < -0.4 is 11.1 Å². The third kappa shape index (κ3) is 3.00. The number of carboxylic acids is 1. The molecular formula is C13H11F2N3O2. The first-order valence-electron chi connectivity index (χ1n) is 5.65. The second kappa shape index (κ2) is 5.52. The molecule has 0 aliphatic rings. The van der Waals surface area contributed by atoms with E-state index in [9.17, 15) is 13.6 Å². The number of hydrogen-bond donors (Lipinski definition) is 3. The van der Waals surface area contributed by atoms with Crippen LogP contribution in [0.25, 0.3) is 0 Å². The summed E-state index contributed by atoms with van der Waals surface area (Å²) in [5.74, 6) is -2.43. The first kappa shape index (κ1) is 13.7. The van der Waals surface area contributed by atoms with Gasteiger partial charge in [-0.25, -0.2) is 18.6 Å². The SMILES string of the molecule is Nc1ccc(C(=O)O)nc1NCc1ccc(F)cc1F. The number of nitrogens with one attached hydrogen (secondary N) is 1. The van der Waals surface area contributed by atoms with Crippen molar-refractivity contribution < 1.29 is 18.7 Å². The number of carbonyl (C=O) groups is 1. The van der Waals surface area contributed by atoms with Gasteiger partial charge in [-0.1, -0.05) is 6.07 Å². The van der Waals surface area contributed by atoms with Gasteiger partial charge >= 0.3 is 5.97 Å². The average Bonchev–Trinajstić information content (AvgIpc) is 2.39. The Morgan fingerprint density at radius 3 is 2.70 bits per heavy atom. The quantitative estimate of drug-likeness (QED) is 0.799. The summed E-state index contributed by atoms with van der Waals surface area (Å²) in [5, 5.41) is 11.6. The van der Waals surface area contributed by atoms with Gasteiger partial charge in [0, 0.05) is 18.2 Å². The Hall–Kier alpha value is -2.70. The molecule has 0 saturated carbocycles. The van der Waals surface area contributed by atoms with Crippen LogP contribution in [0, 0.1) is 11.6 Å². The van der Waals surface area contributed by atoms with Crippen LogP contribution in [0.4, 0.5) is 20.3 Å². The topological polar surface area (TPSA) is 88.2 Å². The Kier molecular flexibility index (Phi) is 3.79. The van der Waals surface area contributed by atoms with E-state index in [4.69, 9.17) is 10.8 Å². The molecule has 104 valence electrons. The maximum absolute atomic E-state index is 13.4. The minimum absolute atomic E-state index is 0.00634. The van der Waals surface area contributed by atoms with Crippen LogP contribution in [0.15, 0.2) is 30.3 Å². The zero-order chi connectivity index (χ0) is 14.7. The van der Waals surface area contributed by atoms with Crippen LogP contribution in [0.2, 0.25) is 0 Å². The maximum atomic E-state index is 13.4. The fraction of sp³-hybridized carbons (Fsp3) is 0.0769. The number of aromatic nitrogens is 1. The van der Waals surface area contributed by atoms with E-state index in [1.54, 1.807) is 0 Å². The second-order valence-electron chi connectivity index (χ2n) is 4.03. The summed E-state index contributed by atoms with van der Waals surface area (Å²) in [6, 6.07) is 5.84. The van der Waals surface area contributed by atoms with Crippen molar-refractivity contribution in [1.29, 1.82) is 0 Å². The number of aromatic carboxylic acids is 1. The minimum Gasteiger partial charge on any atom is -0.477 e. The van der Waals surface area contributed by atoms with Gasteiger partial charge in [0.05, 0.1) is 5.69 Å². The van der Waals surface area contributed by atoms with E-state index in [0.717, 1.165) is 12.1 Å². The molecule has 1 heterocycles. The molecule has 7 heteroatoms. The highest BCUT2D eigenvalue weighted by Crippen LogP contribution is 2.18. The predicted molar refractivity (Wildman–Crippen MR) is 69.3 cm³/mol. The average molecular weight is 279 g/mol. The molecule has 0 atom stereocenters. The number of anilines is 2. The van der Waals surface area contributed by atoms with Gasteiger partial charge in [0.1, 0.15) is 17.5 Å². The van der Waals surface area contributed by atoms with Crippen molar-refractivity contribution >= 4 is 17.5 Å². The van der Waals surface area contributed by atoms with Gasteiger partial charge in [-0.15, -0.1) is 0 Å². The Morgan fingerprint density at radius 2 is 2.05 bits per heavy atom. The third-order valence-corrected chi connectivity index (χ3v) is 2.61. The highest BCUT2D eigenvalue weighted by molar-refractivity contribution is 5.86. The van der Waals surface area contributed by atoms with Crippen LogP contribution in [-0.4, -0.2) is 16.1 Å². The van der Waals surface area contributed by atoms with Crippen molar-refractivity contribution in [3.8, 4) is 0 Å². The fourth-order valence-corrected chi connectivity index (χ4v) is 1.57. The molecule has 0 spiro atoms. The summed E-state index contributed by atoms with van der Waals surface area (Å²) in [6.45, 7) is 0.00634. The summed E-state index contributed by atoms with van der Waals surface area (Å²) in [5.41, 5.74) is 5.91. The number of halogens is 2. The van der Waals surface area contributed by atoms with Gasteiger partial charge in [0.2, 0.25) is 0 Å². The van der Waals surface area contributed by atoms with Crippen LogP contribution in [0.3, 0.4) is 0 Å². The maximum Gasteiger partial charge on any atom is 0.354 e. The van der Waals surface area contributed by atoms with E-state index in [2.05, 4.69) is 10.3 Å². The summed E-state index contributed by atoms with van der Waals surface area (Å²) < 4.78 is 26.2. The van der Waals surface area contributed by atoms with E-state index in [0.29, 0.717) is 0 Å². The molecule has 0 fully saturated rings. The smallest absolute Gasteiger partial charge is 0.354 e. The van der Waals surface area contributed by atoms with Crippen molar-refractivity contribution in [2.45, 2.75) is 6.54 Å². The minimum atomic E-state index is -1.19. The lowest BCUT2D eigenvalue weighted by Gasteiger charge is -2.09. The monoisotopic (exact) mass is 279 g/mol. The van der Waals surface area contributed by atoms with Crippen molar-refractivity contribution in [3.05, 3.63) is 53.2 Å². The molecule has 1 aromatic heterocycles. The number of nitrogens with zero attached hydrogens (tertiary/aromatic N) is 1. The third-order valence-electron chi connectivity index (χ3n) is 2.61. The molecular weight excluding hydrogens is 268 g/mol. The molecule has 2 aromatic rings. The highest BCUT2D eigenvalue weighted by atomic mass is 19.1. The molecule has 20 heavy (non-hydrogen) atoms. The van der Waals surface area contributed by atoms with Gasteiger partial charge < -0.3 is 16.2 Å². The summed E-state index contributed by atoms with van der Waals surface area (Å²) >= 11 is 0. The number of pyridine rings is 1. The lowest BCUT2D eigenvalue weighted by molar-refractivity contribution is 0.0690. The molecule has 0 radical (unpaired) electrons. The van der Waals surface area contributed by atoms with Crippen molar-refractivity contribution in [3.63, 3.8) is 0 Å². The van der Waals surface area contributed by atoms with Gasteiger partial charge in [-0.05, 0) is 18.2 Å². The van der Waals surface area contributed by atoms with Crippen LogP contribution in [-0.2, 0) is 6.54 Å². The number of nitrogen functional groups attached to an aromatic ring is 1. The van der Waals surface area contributed by atoms with Gasteiger partial charge in [0.15, 0.2) is 5.69 Å². The Morgan fingerprint density at radius 1 is 1.30 bits per heavy atom. The van der Waals surface area contributed by atoms with Crippen molar-refractivity contribution in [2.24, 2.45) is 0 Å². The molecule has 0 amide bonds. The Bertz CT molecular complexity index is 662. The standard InChI is InChI=1S/C13H11F2N3O2/c14-8-2-1-7(9(15)5-8)6-17-12-10(16)3-4-11(18-12)13(19)20/h1-5H,6,16H2,(H,17,18)(H,19,20). The van der Waals surface area contributed by atoms with Crippen LogP contribution >= 0.6 is 0 Å². The molecule has 5 nitrogen and oxygen atoms in total. The van der Waals surface area contributed by atoms with E-state index in [1.165, 1.54) is 18.2 Å². The predicted octanol–water partition coefficient (Wildman–Crippen LogP) is 2.25. The first-order valence-corrected chi connectivity index (χ1v) is 5.65. The normalized spacial score (nSPS) is 10.3. The molecule has 0 saturated heterocycles.